The van der Waals surface area contributed by atoms with Crippen LogP contribution in [0.15, 0.2) is 66.2 Å². The summed E-state index contributed by atoms with van der Waals surface area (Å²) < 4.78 is 14.3. The minimum Gasteiger partial charge on any atom is -0.507 e. The first-order chi connectivity index (χ1) is 16.2. The molecule has 1 saturated heterocycles. The molecule has 1 unspecified atom stereocenters. The van der Waals surface area contributed by atoms with E-state index < -0.39 is 23.5 Å². The predicted octanol–water partition coefficient (Wildman–Crippen LogP) is 6.33. The largest absolute Gasteiger partial charge is 0.507 e. The Kier molecular flexibility index (Phi) is 5.46. The number of hydrogen-bond acceptors (Lipinski definition) is 5. The van der Waals surface area contributed by atoms with E-state index in [1.807, 2.05) is 26.0 Å². The third kappa shape index (κ3) is 3.67. The van der Waals surface area contributed by atoms with Gasteiger partial charge in [-0.1, -0.05) is 52.8 Å². The van der Waals surface area contributed by atoms with E-state index in [0.29, 0.717) is 26.4 Å². The van der Waals surface area contributed by atoms with Crippen LogP contribution in [-0.2, 0) is 9.59 Å². The van der Waals surface area contributed by atoms with Crippen molar-refractivity contribution in [3.63, 3.8) is 0 Å². The zero-order valence-electron chi connectivity index (χ0n) is 18.2. The lowest BCUT2D eigenvalue weighted by Crippen LogP contribution is -2.29. The molecule has 5 nitrogen and oxygen atoms in total. The summed E-state index contributed by atoms with van der Waals surface area (Å²) in [6.07, 6.45) is 0. The molecule has 0 spiro atoms. The Hall–Kier alpha value is -3.55. The van der Waals surface area contributed by atoms with E-state index in [1.165, 1.54) is 23.1 Å². The minimum absolute atomic E-state index is 0.0357. The Bertz CT molecular complexity index is 1510. The Balaban J connectivity index is 1.76. The van der Waals surface area contributed by atoms with Crippen LogP contribution >= 0.6 is 22.9 Å². The summed E-state index contributed by atoms with van der Waals surface area (Å²) in [6, 6.07) is 15.5. The van der Waals surface area contributed by atoms with Crippen LogP contribution in [0.4, 0.5) is 9.52 Å². The van der Waals surface area contributed by atoms with E-state index in [1.54, 1.807) is 30.3 Å². The van der Waals surface area contributed by atoms with Crippen LogP contribution in [0.1, 0.15) is 28.3 Å². The van der Waals surface area contributed by atoms with E-state index >= 15 is 0 Å². The fraction of sp³-hybridized carbons (Fsp3) is 0.115. The maximum atomic E-state index is 13.8. The number of aryl methyl sites for hydroxylation is 2. The van der Waals surface area contributed by atoms with Crippen LogP contribution in [0.3, 0.4) is 0 Å². The molecule has 8 heteroatoms. The number of aliphatic hydroxyl groups is 1. The number of amides is 1. The lowest BCUT2D eigenvalue weighted by atomic mass is 9.93. The molecule has 170 valence electrons. The summed E-state index contributed by atoms with van der Waals surface area (Å²) in [4.78, 5) is 32.4. The second-order valence-electron chi connectivity index (χ2n) is 8.15. The van der Waals surface area contributed by atoms with Crippen molar-refractivity contribution in [2.75, 3.05) is 4.90 Å². The van der Waals surface area contributed by atoms with Gasteiger partial charge in [0, 0.05) is 10.6 Å². The number of thiazole rings is 1. The monoisotopic (exact) mass is 492 g/mol. The molecule has 1 aliphatic rings. The molecule has 1 N–H and O–H groups in total. The van der Waals surface area contributed by atoms with E-state index in [-0.39, 0.29) is 16.5 Å². The summed E-state index contributed by atoms with van der Waals surface area (Å²) in [7, 11) is 0. The Morgan fingerprint density at radius 3 is 2.53 bits per heavy atom. The number of anilines is 1. The number of benzene rings is 3. The van der Waals surface area contributed by atoms with E-state index in [9.17, 15) is 19.1 Å². The molecule has 0 saturated carbocycles. The summed E-state index contributed by atoms with van der Waals surface area (Å²) >= 11 is 7.18. The van der Waals surface area contributed by atoms with Crippen molar-refractivity contribution in [2.45, 2.75) is 19.9 Å². The maximum absolute atomic E-state index is 13.8. The van der Waals surface area contributed by atoms with Crippen molar-refractivity contribution in [1.82, 2.24) is 4.98 Å². The summed E-state index contributed by atoms with van der Waals surface area (Å²) in [5, 5.41) is 12.1. The van der Waals surface area contributed by atoms with E-state index in [0.717, 1.165) is 22.5 Å². The fourth-order valence-corrected chi connectivity index (χ4v) is 5.26. The van der Waals surface area contributed by atoms with Gasteiger partial charge in [0.25, 0.3) is 5.78 Å². The SMILES string of the molecule is Cc1ccc(C)c(C(O)=C2C(=O)C(=O)N(c3nc4ccc(F)cc4s3)C2c2ccc(Cl)cc2)c1. The van der Waals surface area contributed by atoms with E-state index in [2.05, 4.69) is 4.98 Å². The summed E-state index contributed by atoms with van der Waals surface area (Å²) in [6.45, 7) is 3.70. The van der Waals surface area contributed by atoms with Gasteiger partial charge in [0.1, 0.15) is 11.6 Å². The molecule has 4 aromatic rings. The van der Waals surface area contributed by atoms with Gasteiger partial charge in [-0.2, -0.15) is 0 Å². The third-order valence-electron chi connectivity index (χ3n) is 5.82. The summed E-state index contributed by atoms with van der Waals surface area (Å²) in [5.74, 6) is -2.31. The number of ketones is 1. The molecule has 1 amide bonds. The second kappa shape index (κ2) is 8.34. The average molecular weight is 493 g/mol. The van der Waals surface area contributed by atoms with Crippen LogP contribution in [0, 0.1) is 19.7 Å². The number of hydrogen-bond donors (Lipinski definition) is 1. The smallest absolute Gasteiger partial charge is 0.301 e. The van der Waals surface area contributed by atoms with E-state index in [4.69, 9.17) is 11.6 Å². The number of aliphatic hydroxyl groups excluding tert-OH is 1. The van der Waals surface area contributed by atoms with Crippen LogP contribution in [0.5, 0.6) is 0 Å². The van der Waals surface area contributed by atoms with Crippen molar-refractivity contribution in [3.8, 4) is 0 Å². The average Bonchev–Trinajstić information content (AvgIpc) is 3.33. The van der Waals surface area contributed by atoms with Crippen LogP contribution < -0.4 is 4.90 Å². The third-order valence-corrected chi connectivity index (χ3v) is 7.09. The Labute approximate surface area is 203 Å². The van der Waals surface area contributed by atoms with Gasteiger partial charge in [-0.05, 0) is 61.4 Å². The number of nitrogens with zero attached hydrogens (tertiary/aromatic N) is 2. The number of carbonyl (C=O) groups excluding carboxylic acids is 2. The zero-order valence-corrected chi connectivity index (χ0v) is 19.7. The zero-order chi connectivity index (χ0) is 24.1. The minimum atomic E-state index is -0.928. The lowest BCUT2D eigenvalue weighted by Gasteiger charge is -2.23. The van der Waals surface area contributed by atoms with Crippen LogP contribution in [-0.4, -0.2) is 21.8 Å². The molecule has 3 aromatic carbocycles. The van der Waals surface area contributed by atoms with Gasteiger partial charge in [0.05, 0.1) is 21.8 Å². The van der Waals surface area contributed by atoms with Crippen molar-refractivity contribution >= 4 is 55.7 Å². The van der Waals surface area contributed by atoms with Gasteiger partial charge in [0.15, 0.2) is 5.13 Å². The molecule has 2 heterocycles. The molecule has 1 aliphatic heterocycles. The number of fused-ring (bicyclic) bond motifs is 1. The number of Topliss-reactive ketones (excluding diaryl/α,β-unsaturated/α-hetero) is 1. The topological polar surface area (TPSA) is 70.5 Å². The molecule has 34 heavy (non-hydrogen) atoms. The Morgan fingerprint density at radius 1 is 1.06 bits per heavy atom. The highest BCUT2D eigenvalue weighted by Gasteiger charge is 2.48. The standard InChI is InChI=1S/C26H18ClFN2O3S/c1-13-3-4-14(2)18(11-13)23(31)21-22(15-5-7-16(27)8-6-15)30(25(33)24(21)32)26-29-19-10-9-17(28)12-20(19)34-26/h3-12,22,31H,1-2H3. The first-order valence-corrected chi connectivity index (χ1v) is 11.6. The highest BCUT2D eigenvalue weighted by molar-refractivity contribution is 7.22. The number of rotatable bonds is 3. The molecule has 1 atom stereocenters. The summed E-state index contributed by atoms with van der Waals surface area (Å²) in [5.41, 5.74) is 3.20. The molecule has 1 fully saturated rings. The van der Waals surface area contributed by atoms with Gasteiger partial charge in [-0.15, -0.1) is 0 Å². The number of carbonyl (C=O) groups is 2. The first-order valence-electron chi connectivity index (χ1n) is 10.4. The number of halogens is 2. The van der Waals surface area contributed by atoms with Gasteiger partial charge in [-0.3, -0.25) is 14.5 Å². The Morgan fingerprint density at radius 2 is 1.79 bits per heavy atom. The molecule has 5 rings (SSSR count). The highest BCUT2D eigenvalue weighted by Crippen LogP contribution is 2.44. The second-order valence-corrected chi connectivity index (χ2v) is 9.59. The fourth-order valence-electron chi connectivity index (χ4n) is 4.12. The number of aromatic nitrogens is 1. The van der Waals surface area contributed by atoms with Gasteiger partial charge < -0.3 is 5.11 Å². The van der Waals surface area contributed by atoms with Crippen molar-refractivity contribution < 1.29 is 19.1 Å². The molecular weight excluding hydrogens is 475 g/mol. The van der Waals surface area contributed by atoms with Crippen LogP contribution in [0.25, 0.3) is 16.0 Å². The van der Waals surface area contributed by atoms with Gasteiger partial charge in [-0.25, -0.2) is 9.37 Å². The molecule has 0 radical (unpaired) electrons. The van der Waals surface area contributed by atoms with Crippen molar-refractivity contribution in [3.05, 3.63) is 99.3 Å². The van der Waals surface area contributed by atoms with Crippen molar-refractivity contribution in [2.24, 2.45) is 0 Å². The quantitative estimate of drug-likeness (QED) is 0.206. The molecule has 0 aliphatic carbocycles. The first kappa shape index (κ1) is 22.3. The van der Waals surface area contributed by atoms with Gasteiger partial charge in [0.2, 0.25) is 0 Å². The molecule has 1 aromatic heterocycles. The lowest BCUT2D eigenvalue weighted by molar-refractivity contribution is -0.132. The predicted molar refractivity (Wildman–Crippen MR) is 132 cm³/mol. The maximum Gasteiger partial charge on any atom is 0.301 e. The van der Waals surface area contributed by atoms with Crippen LogP contribution in [0.2, 0.25) is 5.02 Å². The van der Waals surface area contributed by atoms with Crippen molar-refractivity contribution in [1.29, 1.82) is 0 Å². The van der Waals surface area contributed by atoms with Gasteiger partial charge >= 0.3 is 5.91 Å². The normalized spacial score (nSPS) is 17.6. The molecular formula is C26H18ClFN2O3S. The highest BCUT2D eigenvalue weighted by atomic mass is 35.5. The molecule has 0 bridgehead atoms.